The van der Waals surface area contributed by atoms with Crippen LogP contribution in [-0.4, -0.2) is 9.55 Å². The van der Waals surface area contributed by atoms with Crippen LogP contribution < -0.4 is 11.4 Å². The molecule has 15 heavy (non-hydrogen) atoms. The molecule has 0 spiro atoms. The molecule has 0 amide bonds. The largest absolute Gasteiger partial charge is 0.399 e. The third-order valence-electron chi connectivity index (χ3n) is 2.37. The summed E-state index contributed by atoms with van der Waals surface area (Å²) in [5.74, 6) is 0. The van der Waals surface area contributed by atoms with Gasteiger partial charge in [0.2, 0.25) is 0 Å². The number of hydrogen-bond acceptors (Lipinski definition) is 2. The molecule has 3 N–H and O–H groups in total. The monoisotopic (exact) mass is 203 g/mol. The number of imidazole rings is 1. The van der Waals surface area contributed by atoms with Crippen LogP contribution in [0.2, 0.25) is 0 Å². The van der Waals surface area contributed by atoms with Gasteiger partial charge in [0.15, 0.2) is 0 Å². The molecule has 0 atom stereocenters. The number of anilines is 1. The number of aromatic amines is 1. The second-order valence-electron chi connectivity index (χ2n) is 3.37. The number of hydrogen-bond donors (Lipinski definition) is 2. The van der Waals surface area contributed by atoms with E-state index in [-0.39, 0.29) is 5.69 Å². The summed E-state index contributed by atoms with van der Waals surface area (Å²) in [5.41, 5.74) is 7.98. The normalized spacial score (nSPS) is 10.5. The highest BCUT2D eigenvalue weighted by Crippen LogP contribution is 2.11. The van der Waals surface area contributed by atoms with Crippen molar-refractivity contribution >= 4 is 5.69 Å². The van der Waals surface area contributed by atoms with Crippen molar-refractivity contribution in [2.24, 2.45) is 0 Å². The van der Waals surface area contributed by atoms with Gasteiger partial charge in [-0.15, -0.1) is 0 Å². The van der Waals surface area contributed by atoms with Crippen LogP contribution in [-0.2, 0) is 6.42 Å². The summed E-state index contributed by atoms with van der Waals surface area (Å²) >= 11 is 0. The van der Waals surface area contributed by atoms with Gasteiger partial charge in [-0.25, -0.2) is 4.79 Å². The molecule has 0 bridgehead atoms. The average Bonchev–Trinajstić information content (AvgIpc) is 2.61. The number of nitrogens with zero attached hydrogens (tertiary/aromatic N) is 1. The quantitative estimate of drug-likeness (QED) is 0.723. The van der Waals surface area contributed by atoms with Gasteiger partial charge in [0.25, 0.3) is 0 Å². The molecule has 0 unspecified atom stereocenters. The van der Waals surface area contributed by atoms with Crippen molar-refractivity contribution in [2.75, 3.05) is 5.73 Å². The number of rotatable bonds is 2. The van der Waals surface area contributed by atoms with Gasteiger partial charge in [-0.1, -0.05) is 6.92 Å². The Bertz CT molecular complexity index is 507. The molecule has 0 fully saturated rings. The molecule has 0 aliphatic heterocycles. The fourth-order valence-corrected chi connectivity index (χ4v) is 1.57. The van der Waals surface area contributed by atoms with Gasteiger partial charge in [-0.05, 0) is 30.7 Å². The number of nitrogens with two attached hydrogens (primary N) is 1. The summed E-state index contributed by atoms with van der Waals surface area (Å²) in [7, 11) is 0. The Kier molecular flexibility index (Phi) is 2.33. The van der Waals surface area contributed by atoms with Crippen LogP contribution in [0.3, 0.4) is 0 Å². The van der Waals surface area contributed by atoms with E-state index in [1.807, 2.05) is 19.1 Å². The Balaban J connectivity index is 2.57. The van der Waals surface area contributed by atoms with E-state index in [2.05, 4.69) is 4.98 Å². The first-order chi connectivity index (χ1) is 7.22. The summed E-state index contributed by atoms with van der Waals surface area (Å²) in [5, 5.41) is 0. The van der Waals surface area contributed by atoms with Gasteiger partial charge in [-0.3, -0.25) is 4.57 Å². The van der Waals surface area contributed by atoms with E-state index in [0.29, 0.717) is 5.69 Å². The number of nitrogens with one attached hydrogen (secondary N) is 1. The summed E-state index contributed by atoms with van der Waals surface area (Å²) in [6.07, 6.45) is 2.54. The lowest BCUT2D eigenvalue weighted by atomic mass is 10.2. The SMILES string of the molecule is CCc1c[nH]c(=O)n1-c1ccc(N)cc1. The van der Waals surface area contributed by atoms with Gasteiger partial charge >= 0.3 is 5.69 Å². The van der Waals surface area contributed by atoms with Crippen molar-refractivity contribution in [3.63, 3.8) is 0 Å². The maximum absolute atomic E-state index is 11.6. The second kappa shape index (κ2) is 3.65. The molecule has 0 saturated carbocycles. The van der Waals surface area contributed by atoms with E-state index in [0.717, 1.165) is 17.8 Å². The molecular formula is C11H13N3O. The van der Waals surface area contributed by atoms with Crippen LogP contribution in [0, 0.1) is 0 Å². The molecule has 4 heteroatoms. The third-order valence-corrected chi connectivity index (χ3v) is 2.37. The van der Waals surface area contributed by atoms with Gasteiger partial charge in [0, 0.05) is 17.6 Å². The van der Waals surface area contributed by atoms with Crippen LogP contribution >= 0.6 is 0 Å². The lowest BCUT2D eigenvalue weighted by Gasteiger charge is -2.05. The smallest absolute Gasteiger partial charge is 0.330 e. The fourth-order valence-electron chi connectivity index (χ4n) is 1.57. The van der Waals surface area contributed by atoms with E-state index >= 15 is 0 Å². The Morgan fingerprint density at radius 1 is 1.33 bits per heavy atom. The Morgan fingerprint density at radius 2 is 2.00 bits per heavy atom. The lowest BCUT2D eigenvalue weighted by Crippen LogP contribution is -2.16. The minimum absolute atomic E-state index is 0.114. The molecule has 2 aromatic rings. The summed E-state index contributed by atoms with van der Waals surface area (Å²) in [6, 6.07) is 7.25. The zero-order valence-electron chi connectivity index (χ0n) is 8.53. The minimum atomic E-state index is -0.114. The van der Waals surface area contributed by atoms with Crippen LogP contribution in [0.4, 0.5) is 5.69 Å². The Hall–Kier alpha value is -1.97. The molecule has 1 aromatic heterocycles. The van der Waals surface area contributed by atoms with Crippen molar-refractivity contribution in [1.29, 1.82) is 0 Å². The zero-order chi connectivity index (χ0) is 10.8. The van der Waals surface area contributed by atoms with E-state index in [1.165, 1.54) is 0 Å². The molecule has 78 valence electrons. The topological polar surface area (TPSA) is 63.8 Å². The van der Waals surface area contributed by atoms with E-state index < -0.39 is 0 Å². The molecule has 4 nitrogen and oxygen atoms in total. The number of aryl methyl sites for hydroxylation is 1. The maximum Gasteiger partial charge on any atom is 0.330 e. The van der Waals surface area contributed by atoms with Crippen LogP contribution in [0.15, 0.2) is 35.3 Å². The predicted octanol–water partition coefficient (Wildman–Crippen LogP) is 1.31. The first-order valence-corrected chi connectivity index (χ1v) is 4.87. The van der Waals surface area contributed by atoms with Gasteiger partial charge in [0.05, 0.1) is 5.69 Å². The predicted molar refractivity (Wildman–Crippen MR) is 60.2 cm³/mol. The average molecular weight is 203 g/mol. The van der Waals surface area contributed by atoms with Crippen LogP contribution in [0.1, 0.15) is 12.6 Å². The van der Waals surface area contributed by atoms with Gasteiger partial charge < -0.3 is 10.7 Å². The number of nitrogen functional groups attached to an aromatic ring is 1. The Morgan fingerprint density at radius 3 is 2.60 bits per heavy atom. The van der Waals surface area contributed by atoms with Crippen molar-refractivity contribution in [1.82, 2.24) is 9.55 Å². The van der Waals surface area contributed by atoms with E-state index in [1.54, 1.807) is 22.9 Å². The highest BCUT2D eigenvalue weighted by molar-refractivity contribution is 5.45. The summed E-state index contributed by atoms with van der Waals surface area (Å²) in [4.78, 5) is 14.2. The first-order valence-electron chi connectivity index (χ1n) is 4.87. The number of aromatic nitrogens is 2. The van der Waals surface area contributed by atoms with Crippen molar-refractivity contribution in [3.05, 3.63) is 46.6 Å². The van der Waals surface area contributed by atoms with Gasteiger partial charge in [-0.2, -0.15) is 0 Å². The maximum atomic E-state index is 11.6. The standard InChI is InChI=1S/C11H13N3O/c1-2-9-7-13-11(15)14(9)10-5-3-8(12)4-6-10/h3-7H,2,12H2,1H3,(H,13,15). The van der Waals surface area contributed by atoms with Crippen LogP contribution in [0.5, 0.6) is 0 Å². The molecule has 0 saturated heterocycles. The second-order valence-corrected chi connectivity index (χ2v) is 3.37. The number of H-pyrrole nitrogens is 1. The summed E-state index contributed by atoms with van der Waals surface area (Å²) < 4.78 is 1.65. The number of benzene rings is 1. The molecule has 2 rings (SSSR count). The third kappa shape index (κ3) is 1.66. The van der Waals surface area contributed by atoms with Crippen molar-refractivity contribution < 1.29 is 0 Å². The Labute approximate surface area is 87.4 Å². The van der Waals surface area contributed by atoms with Gasteiger partial charge in [0.1, 0.15) is 0 Å². The summed E-state index contributed by atoms with van der Waals surface area (Å²) in [6.45, 7) is 2.01. The van der Waals surface area contributed by atoms with E-state index in [9.17, 15) is 4.79 Å². The van der Waals surface area contributed by atoms with E-state index in [4.69, 9.17) is 5.73 Å². The molecule has 0 radical (unpaired) electrons. The molecular weight excluding hydrogens is 190 g/mol. The first kappa shape index (κ1) is 9.58. The van der Waals surface area contributed by atoms with Crippen LogP contribution in [0.25, 0.3) is 5.69 Å². The molecule has 1 aromatic carbocycles. The minimum Gasteiger partial charge on any atom is -0.399 e. The molecule has 0 aliphatic rings. The highest BCUT2D eigenvalue weighted by Gasteiger charge is 2.05. The van der Waals surface area contributed by atoms with Crippen molar-refractivity contribution in [3.8, 4) is 5.69 Å². The molecule has 0 aliphatic carbocycles. The zero-order valence-corrected chi connectivity index (χ0v) is 8.53. The molecule has 1 heterocycles. The lowest BCUT2D eigenvalue weighted by molar-refractivity contribution is 0.899. The van der Waals surface area contributed by atoms with Crippen molar-refractivity contribution in [2.45, 2.75) is 13.3 Å². The highest BCUT2D eigenvalue weighted by atomic mass is 16.1. The fraction of sp³-hybridized carbons (Fsp3) is 0.182.